The maximum Gasteiger partial charge on any atom is 0.357 e. The monoisotopic (exact) mass is 226 g/mol. The molecule has 0 aliphatic carbocycles. The Kier molecular flexibility index (Phi) is 3.89. The molecular formula is C10H8F2N2O2. The number of pyridine rings is 1. The summed E-state index contributed by atoms with van der Waals surface area (Å²) in [5.41, 5.74) is -1.14. The number of halogens is 2. The number of nitriles is 1. The van der Waals surface area contributed by atoms with Gasteiger partial charge in [0.05, 0.1) is 12.2 Å². The highest BCUT2D eigenvalue weighted by molar-refractivity contribution is 5.89. The van der Waals surface area contributed by atoms with Crippen molar-refractivity contribution in [2.24, 2.45) is 0 Å². The molecule has 4 nitrogen and oxygen atoms in total. The highest BCUT2D eigenvalue weighted by atomic mass is 19.3. The molecule has 1 rings (SSSR count). The number of alkyl halides is 2. The fourth-order valence-electron chi connectivity index (χ4n) is 1.07. The van der Waals surface area contributed by atoms with E-state index in [0.29, 0.717) is 0 Å². The minimum absolute atomic E-state index is 0.0555. The molecule has 1 heterocycles. The van der Waals surface area contributed by atoms with Gasteiger partial charge in [-0.2, -0.15) is 5.26 Å². The molecule has 0 aromatic carbocycles. The van der Waals surface area contributed by atoms with Crippen LogP contribution < -0.4 is 0 Å². The van der Waals surface area contributed by atoms with Crippen molar-refractivity contribution >= 4 is 5.97 Å². The molecule has 0 spiro atoms. The average molecular weight is 226 g/mol. The minimum Gasteiger partial charge on any atom is -0.461 e. The van der Waals surface area contributed by atoms with Crippen LogP contribution in [0.4, 0.5) is 8.78 Å². The first-order chi connectivity index (χ1) is 7.60. The number of hydrogen-bond donors (Lipinski definition) is 0. The van der Waals surface area contributed by atoms with E-state index in [1.54, 1.807) is 13.0 Å². The molecule has 0 N–H and O–H groups in total. The fourth-order valence-corrected chi connectivity index (χ4v) is 1.07. The van der Waals surface area contributed by atoms with Crippen molar-refractivity contribution in [2.45, 2.75) is 13.3 Å². The van der Waals surface area contributed by atoms with Crippen molar-refractivity contribution in [2.75, 3.05) is 6.61 Å². The van der Waals surface area contributed by atoms with Crippen LogP contribution in [0.2, 0.25) is 0 Å². The second kappa shape index (κ2) is 5.16. The van der Waals surface area contributed by atoms with Gasteiger partial charge in [0.25, 0.3) is 6.43 Å². The van der Waals surface area contributed by atoms with E-state index in [-0.39, 0.29) is 12.3 Å². The van der Waals surface area contributed by atoms with Crippen molar-refractivity contribution < 1.29 is 18.3 Å². The zero-order valence-electron chi connectivity index (χ0n) is 8.41. The molecule has 0 bridgehead atoms. The average Bonchev–Trinajstić information content (AvgIpc) is 2.28. The van der Waals surface area contributed by atoms with E-state index in [0.717, 1.165) is 12.1 Å². The number of esters is 1. The molecule has 0 aliphatic heterocycles. The van der Waals surface area contributed by atoms with Gasteiger partial charge in [-0.1, -0.05) is 0 Å². The van der Waals surface area contributed by atoms with Crippen molar-refractivity contribution in [3.8, 4) is 6.07 Å². The summed E-state index contributed by atoms with van der Waals surface area (Å²) in [6.07, 6.45) is -2.83. The van der Waals surface area contributed by atoms with Crippen LogP contribution in [0.5, 0.6) is 0 Å². The molecule has 84 valence electrons. The van der Waals surface area contributed by atoms with Crippen LogP contribution in [0.15, 0.2) is 12.1 Å². The first kappa shape index (κ1) is 12.0. The van der Waals surface area contributed by atoms with Crippen molar-refractivity contribution in [1.82, 2.24) is 4.98 Å². The van der Waals surface area contributed by atoms with Crippen LogP contribution in [-0.2, 0) is 4.74 Å². The molecule has 6 heteroatoms. The topological polar surface area (TPSA) is 63.0 Å². The maximum atomic E-state index is 12.5. The summed E-state index contributed by atoms with van der Waals surface area (Å²) in [5.74, 6) is -0.949. The number of aromatic nitrogens is 1. The highest BCUT2D eigenvalue weighted by Crippen LogP contribution is 2.22. The van der Waals surface area contributed by atoms with Gasteiger partial charge in [-0.25, -0.2) is 18.6 Å². The quantitative estimate of drug-likeness (QED) is 0.740. The highest BCUT2D eigenvalue weighted by Gasteiger charge is 2.21. The van der Waals surface area contributed by atoms with Crippen LogP contribution >= 0.6 is 0 Å². The molecule has 1 aromatic heterocycles. The maximum absolute atomic E-state index is 12.5. The Morgan fingerprint density at radius 3 is 2.81 bits per heavy atom. The molecule has 0 unspecified atom stereocenters. The molecule has 0 atom stereocenters. The van der Waals surface area contributed by atoms with Gasteiger partial charge in [-0.05, 0) is 19.1 Å². The smallest absolute Gasteiger partial charge is 0.357 e. The summed E-state index contributed by atoms with van der Waals surface area (Å²) in [7, 11) is 0. The Morgan fingerprint density at radius 1 is 1.62 bits per heavy atom. The molecule has 0 radical (unpaired) electrons. The van der Waals surface area contributed by atoms with Gasteiger partial charge in [0.2, 0.25) is 0 Å². The van der Waals surface area contributed by atoms with Gasteiger partial charge in [0.1, 0.15) is 11.8 Å². The van der Waals surface area contributed by atoms with E-state index in [2.05, 4.69) is 9.72 Å². The standard InChI is InChI=1S/C10H8F2N2O2/c1-2-16-10(15)8-7(9(11)12)4-3-6(5-13)14-8/h3-4,9H,2H2,1H3. The van der Waals surface area contributed by atoms with Gasteiger partial charge in [-0.3, -0.25) is 0 Å². The van der Waals surface area contributed by atoms with E-state index < -0.39 is 23.7 Å². The van der Waals surface area contributed by atoms with Gasteiger partial charge in [-0.15, -0.1) is 0 Å². The fraction of sp³-hybridized carbons (Fsp3) is 0.300. The first-order valence-electron chi connectivity index (χ1n) is 4.46. The molecule has 1 aromatic rings. The van der Waals surface area contributed by atoms with E-state index in [4.69, 9.17) is 5.26 Å². The lowest BCUT2D eigenvalue weighted by molar-refractivity contribution is 0.0507. The minimum atomic E-state index is -2.83. The van der Waals surface area contributed by atoms with Crippen LogP contribution in [0.3, 0.4) is 0 Å². The summed E-state index contributed by atoms with van der Waals surface area (Å²) >= 11 is 0. The van der Waals surface area contributed by atoms with Crippen LogP contribution in [0.1, 0.15) is 35.1 Å². The van der Waals surface area contributed by atoms with Gasteiger partial charge < -0.3 is 4.74 Å². The summed E-state index contributed by atoms with van der Waals surface area (Å²) in [6, 6.07) is 3.80. The second-order valence-electron chi connectivity index (χ2n) is 2.77. The van der Waals surface area contributed by atoms with Crippen LogP contribution in [-0.4, -0.2) is 17.6 Å². The molecule has 16 heavy (non-hydrogen) atoms. The number of carbonyl (C=O) groups is 1. The Balaban J connectivity index is 3.21. The Labute approximate surface area is 90.5 Å². The summed E-state index contributed by atoms with van der Waals surface area (Å²) in [5, 5.41) is 8.55. The Morgan fingerprint density at radius 2 is 2.31 bits per heavy atom. The van der Waals surface area contributed by atoms with Crippen molar-refractivity contribution in [3.05, 3.63) is 29.1 Å². The van der Waals surface area contributed by atoms with Crippen LogP contribution in [0, 0.1) is 11.3 Å². The summed E-state index contributed by atoms with van der Waals surface area (Å²) in [4.78, 5) is 14.8. The lowest BCUT2D eigenvalue weighted by Crippen LogP contribution is -2.11. The lowest BCUT2D eigenvalue weighted by Gasteiger charge is -2.06. The molecule has 0 aliphatic rings. The number of carbonyl (C=O) groups excluding carboxylic acids is 1. The van der Waals surface area contributed by atoms with Gasteiger partial charge >= 0.3 is 5.97 Å². The second-order valence-corrected chi connectivity index (χ2v) is 2.77. The summed E-state index contributed by atoms with van der Waals surface area (Å²) in [6.45, 7) is 1.61. The number of rotatable bonds is 3. The van der Waals surface area contributed by atoms with Crippen molar-refractivity contribution in [1.29, 1.82) is 5.26 Å². The largest absolute Gasteiger partial charge is 0.461 e. The normalized spacial score (nSPS) is 9.94. The number of ether oxygens (including phenoxy) is 1. The number of hydrogen-bond acceptors (Lipinski definition) is 4. The zero-order chi connectivity index (χ0) is 12.1. The molecular weight excluding hydrogens is 218 g/mol. The predicted octanol–water partition coefficient (Wildman–Crippen LogP) is 2.07. The first-order valence-corrected chi connectivity index (χ1v) is 4.46. The SMILES string of the molecule is CCOC(=O)c1nc(C#N)ccc1C(F)F. The third-order valence-corrected chi connectivity index (χ3v) is 1.74. The van der Waals surface area contributed by atoms with Crippen molar-refractivity contribution in [3.63, 3.8) is 0 Å². The van der Waals surface area contributed by atoms with Gasteiger partial charge in [0, 0.05) is 0 Å². The third-order valence-electron chi connectivity index (χ3n) is 1.74. The summed E-state index contributed by atoms with van der Waals surface area (Å²) < 4.78 is 29.6. The molecule has 0 amide bonds. The number of nitrogens with zero attached hydrogens (tertiary/aromatic N) is 2. The van der Waals surface area contributed by atoms with Gasteiger partial charge in [0.15, 0.2) is 5.69 Å². The molecule has 0 saturated heterocycles. The van der Waals surface area contributed by atoms with E-state index in [9.17, 15) is 13.6 Å². The van der Waals surface area contributed by atoms with Crippen LogP contribution in [0.25, 0.3) is 0 Å². The Bertz CT molecular complexity index is 441. The molecule has 0 fully saturated rings. The van der Waals surface area contributed by atoms with E-state index >= 15 is 0 Å². The molecule has 0 saturated carbocycles. The zero-order valence-corrected chi connectivity index (χ0v) is 8.41. The third kappa shape index (κ3) is 2.51. The Hall–Kier alpha value is -2.03. The predicted molar refractivity (Wildman–Crippen MR) is 49.9 cm³/mol. The lowest BCUT2D eigenvalue weighted by atomic mass is 10.2. The van der Waals surface area contributed by atoms with E-state index in [1.165, 1.54) is 0 Å². The van der Waals surface area contributed by atoms with E-state index in [1.807, 2.05) is 0 Å².